The van der Waals surface area contributed by atoms with Crippen LogP contribution in [-0.2, 0) is 12.7 Å². The molecule has 1 fully saturated rings. The van der Waals surface area contributed by atoms with Gasteiger partial charge in [0.05, 0.1) is 23.6 Å². The molecule has 1 aromatic heterocycles. The summed E-state index contributed by atoms with van der Waals surface area (Å²) >= 11 is 0. The predicted octanol–water partition coefficient (Wildman–Crippen LogP) is 7.99. The third-order valence-corrected chi connectivity index (χ3v) is 8.10. The maximum absolute atomic E-state index is 14.5. The fourth-order valence-electron chi connectivity index (χ4n) is 5.35. The molecule has 1 saturated heterocycles. The molecule has 0 saturated carbocycles. The van der Waals surface area contributed by atoms with Crippen molar-refractivity contribution in [3.05, 3.63) is 92.3 Å². The van der Waals surface area contributed by atoms with Gasteiger partial charge in [0.2, 0.25) is 11.2 Å². The van der Waals surface area contributed by atoms with Crippen molar-refractivity contribution in [1.82, 2.24) is 4.90 Å². The summed E-state index contributed by atoms with van der Waals surface area (Å²) in [5.41, 5.74) is 1.29. The van der Waals surface area contributed by atoms with Crippen LogP contribution < -0.4 is 19.6 Å². The second-order valence-corrected chi connectivity index (χ2v) is 11.4. The average molecular weight is 610 g/mol. The lowest BCUT2D eigenvalue weighted by molar-refractivity contribution is -0.154. The van der Waals surface area contributed by atoms with Crippen LogP contribution in [0.5, 0.6) is 23.0 Å². The Morgan fingerprint density at radius 3 is 2.32 bits per heavy atom. The van der Waals surface area contributed by atoms with Crippen LogP contribution in [0.15, 0.2) is 57.7 Å². The number of carbonyl (C=O) groups excluding carboxylic acids is 1. The van der Waals surface area contributed by atoms with Crippen LogP contribution in [0.4, 0.5) is 13.2 Å². The number of hydrogen-bond donors (Lipinski definition) is 0. The van der Waals surface area contributed by atoms with E-state index in [4.69, 9.17) is 18.6 Å². The summed E-state index contributed by atoms with van der Waals surface area (Å²) in [6.45, 7) is 8.94. The number of ether oxygens (including phenoxy) is 3. The molecular formula is C34H34F3NO6. The van der Waals surface area contributed by atoms with Crippen LogP contribution in [0.3, 0.4) is 0 Å². The number of piperidine rings is 1. The maximum atomic E-state index is 14.5. The van der Waals surface area contributed by atoms with Gasteiger partial charge in [-0.25, -0.2) is 4.79 Å². The zero-order valence-corrected chi connectivity index (χ0v) is 25.3. The van der Waals surface area contributed by atoms with E-state index in [0.717, 1.165) is 24.0 Å². The van der Waals surface area contributed by atoms with E-state index in [1.807, 2.05) is 13.0 Å². The first-order chi connectivity index (χ1) is 20.8. The second-order valence-electron chi connectivity index (χ2n) is 11.4. The number of fused-ring (bicyclic) bond motifs is 1. The number of halogens is 3. The minimum absolute atomic E-state index is 0.00652. The van der Waals surface area contributed by atoms with Crippen LogP contribution in [0, 0.1) is 26.7 Å². The van der Waals surface area contributed by atoms with Crippen LogP contribution in [0.25, 0.3) is 11.0 Å². The molecule has 0 N–H and O–H groups in total. The first-order valence-electron chi connectivity index (χ1n) is 14.4. The highest BCUT2D eigenvalue weighted by molar-refractivity contribution is 5.92. The quantitative estimate of drug-likeness (QED) is 0.155. The molecule has 10 heteroatoms. The molecule has 7 nitrogen and oxygen atoms in total. The summed E-state index contributed by atoms with van der Waals surface area (Å²) < 4.78 is 65.7. The van der Waals surface area contributed by atoms with Gasteiger partial charge < -0.3 is 18.6 Å². The molecule has 1 aliphatic heterocycles. The molecule has 2 heterocycles. The fraction of sp³-hybridized carbons (Fsp3) is 0.353. The van der Waals surface area contributed by atoms with Gasteiger partial charge >= 0.3 is 12.1 Å². The van der Waals surface area contributed by atoms with E-state index in [1.165, 1.54) is 31.4 Å². The number of benzene rings is 3. The molecule has 0 radical (unpaired) electrons. The topological polar surface area (TPSA) is 78.2 Å². The molecule has 232 valence electrons. The molecule has 0 spiro atoms. The van der Waals surface area contributed by atoms with Crippen molar-refractivity contribution in [2.24, 2.45) is 5.92 Å². The molecule has 4 aromatic rings. The number of carbonyl (C=O) groups is 1. The van der Waals surface area contributed by atoms with Crippen molar-refractivity contribution >= 4 is 16.9 Å². The van der Waals surface area contributed by atoms with Gasteiger partial charge in [-0.05, 0) is 112 Å². The van der Waals surface area contributed by atoms with E-state index < -0.39 is 29.1 Å². The van der Waals surface area contributed by atoms with Crippen LogP contribution in [0.2, 0.25) is 0 Å². The summed E-state index contributed by atoms with van der Waals surface area (Å²) in [4.78, 5) is 28.9. The molecule has 0 bridgehead atoms. The van der Waals surface area contributed by atoms with Crippen LogP contribution in [0.1, 0.15) is 58.1 Å². The standard InChI is InChI=1S/C34H34F3NO6/c1-19-12-14-38(15-13-19)18-26-27(43-33(40)23-6-8-24(41-5)9-7-23)11-10-25-29(39)31(32(34(35,36)37)44-30(25)26)42-28-17-20(2)16-21(3)22(28)4/h6-11,16-17,19H,12-15,18H2,1-5H3. The Labute approximate surface area is 253 Å². The number of rotatable bonds is 7. The molecule has 44 heavy (non-hydrogen) atoms. The van der Waals surface area contributed by atoms with Gasteiger partial charge in [0.25, 0.3) is 5.76 Å². The Bertz CT molecular complexity index is 1750. The monoisotopic (exact) mass is 609 g/mol. The Hall–Kier alpha value is -4.31. The van der Waals surface area contributed by atoms with Crippen molar-refractivity contribution in [2.45, 2.75) is 53.3 Å². The van der Waals surface area contributed by atoms with E-state index >= 15 is 0 Å². The van der Waals surface area contributed by atoms with Crippen molar-refractivity contribution < 1.29 is 36.6 Å². The number of hydrogen-bond acceptors (Lipinski definition) is 7. The largest absolute Gasteiger partial charge is 0.497 e. The highest BCUT2D eigenvalue weighted by atomic mass is 19.4. The van der Waals surface area contributed by atoms with Crippen molar-refractivity contribution in [3.8, 4) is 23.0 Å². The molecule has 0 unspecified atom stereocenters. The molecule has 1 aliphatic rings. The first-order valence-corrected chi connectivity index (χ1v) is 14.4. The number of esters is 1. The van der Waals surface area contributed by atoms with Gasteiger partial charge in [-0.2, -0.15) is 13.2 Å². The van der Waals surface area contributed by atoms with E-state index in [0.29, 0.717) is 30.3 Å². The molecular weight excluding hydrogens is 575 g/mol. The van der Waals surface area contributed by atoms with Crippen molar-refractivity contribution in [3.63, 3.8) is 0 Å². The van der Waals surface area contributed by atoms with E-state index in [2.05, 4.69) is 11.8 Å². The normalized spacial score (nSPS) is 14.5. The summed E-state index contributed by atoms with van der Waals surface area (Å²) in [6.07, 6.45) is -3.25. The number of alkyl halides is 3. The lowest BCUT2D eigenvalue weighted by Crippen LogP contribution is -2.32. The maximum Gasteiger partial charge on any atom is 0.453 e. The lowest BCUT2D eigenvalue weighted by Gasteiger charge is -2.30. The SMILES string of the molecule is COc1ccc(C(=O)Oc2ccc3c(=O)c(Oc4cc(C)cc(C)c4C)c(C(F)(F)F)oc3c2CN2CCC(C)CC2)cc1. The zero-order chi connectivity index (χ0) is 31.8. The van der Waals surface area contributed by atoms with Gasteiger partial charge in [-0.3, -0.25) is 9.69 Å². The van der Waals surface area contributed by atoms with Gasteiger partial charge in [0.15, 0.2) is 0 Å². The molecule has 0 amide bonds. The Morgan fingerprint density at radius 2 is 1.68 bits per heavy atom. The predicted molar refractivity (Wildman–Crippen MR) is 160 cm³/mol. The Morgan fingerprint density at radius 1 is 1.00 bits per heavy atom. The first kappa shape index (κ1) is 31.1. The van der Waals surface area contributed by atoms with Crippen molar-refractivity contribution in [1.29, 1.82) is 0 Å². The van der Waals surface area contributed by atoms with Gasteiger partial charge in [-0.15, -0.1) is 0 Å². The van der Waals surface area contributed by atoms with Crippen molar-refractivity contribution in [2.75, 3.05) is 20.2 Å². The smallest absolute Gasteiger partial charge is 0.453 e. The summed E-state index contributed by atoms with van der Waals surface area (Å²) in [7, 11) is 1.50. The van der Waals surface area contributed by atoms with E-state index in [-0.39, 0.29) is 40.1 Å². The number of likely N-dealkylation sites (tertiary alicyclic amines) is 1. The van der Waals surface area contributed by atoms with Crippen LogP contribution in [-0.4, -0.2) is 31.1 Å². The van der Waals surface area contributed by atoms with E-state index in [9.17, 15) is 22.8 Å². The summed E-state index contributed by atoms with van der Waals surface area (Å²) in [5, 5.41) is -0.111. The third kappa shape index (κ3) is 6.45. The second kappa shape index (κ2) is 12.4. The van der Waals surface area contributed by atoms with Gasteiger partial charge in [-0.1, -0.05) is 13.0 Å². The summed E-state index contributed by atoms with van der Waals surface area (Å²) in [5.74, 6) is -2.03. The number of nitrogens with zero attached hydrogens (tertiary/aromatic N) is 1. The minimum Gasteiger partial charge on any atom is -0.497 e. The highest BCUT2D eigenvalue weighted by Crippen LogP contribution is 2.41. The van der Waals surface area contributed by atoms with Gasteiger partial charge in [0.1, 0.15) is 22.8 Å². The highest BCUT2D eigenvalue weighted by Gasteiger charge is 2.41. The minimum atomic E-state index is -5.05. The van der Waals surface area contributed by atoms with E-state index in [1.54, 1.807) is 32.0 Å². The lowest BCUT2D eigenvalue weighted by atomic mass is 9.98. The molecule has 5 rings (SSSR count). The average Bonchev–Trinajstić information content (AvgIpc) is 2.98. The number of methoxy groups -OCH3 is 1. The van der Waals surface area contributed by atoms with Crippen LogP contribution >= 0.6 is 0 Å². The number of aryl methyl sites for hydroxylation is 2. The van der Waals surface area contributed by atoms with Gasteiger partial charge in [0, 0.05) is 6.54 Å². The molecule has 3 aromatic carbocycles. The zero-order valence-electron chi connectivity index (χ0n) is 25.3. The molecule has 0 atom stereocenters. The Kier molecular flexibility index (Phi) is 8.74. The third-order valence-electron chi connectivity index (χ3n) is 8.10. The Balaban J connectivity index is 1.66. The fourth-order valence-corrected chi connectivity index (χ4v) is 5.35. The summed E-state index contributed by atoms with van der Waals surface area (Å²) in [6, 6.07) is 12.4. The molecule has 0 aliphatic carbocycles.